The number of benzene rings is 1. The van der Waals surface area contributed by atoms with Crippen molar-refractivity contribution in [2.75, 3.05) is 11.9 Å². The van der Waals surface area contributed by atoms with E-state index in [1.807, 2.05) is 13.0 Å². The predicted molar refractivity (Wildman–Crippen MR) is 98.1 cm³/mol. The average Bonchev–Trinajstić information content (AvgIpc) is 3.11. The molecule has 2 aliphatic carbocycles. The van der Waals surface area contributed by atoms with Crippen LogP contribution in [0.25, 0.3) is 0 Å². The van der Waals surface area contributed by atoms with Crippen LogP contribution < -0.4 is 10.1 Å². The van der Waals surface area contributed by atoms with E-state index in [0.29, 0.717) is 29.9 Å². The van der Waals surface area contributed by atoms with Crippen molar-refractivity contribution in [3.8, 4) is 5.75 Å². The molecule has 0 saturated heterocycles. The van der Waals surface area contributed by atoms with Gasteiger partial charge in [-0.05, 0) is 56.1 Å². The maximum absolute atomic E-state index is 11.7. The van der Waals surface area contributed by atoms with Crippen LogP contribution in [0.5, 0.6) is 5.75 Å². The van der Waals surface area contributed by atoms with Crippen LogP contribution in [0, 0.1) is 22.0 Å². The second kappa shape index (κ2) is 6.54. The van der Waals surface area contributed by atoms with Crippen molar-refractivity contribution in [1.82, 2.24) is 0 Å². The van der Waals surface area contributed by atoms with Gasteiger partial charge in [0.2, 0.25) is 0 Å². The highest BCUT2D eigenvalue weighted by molar-refractivity contribution is 5.72. The van der Waals surface area contributed by atoms with E-state index >= 15 is 0 Å². The number of anilines is 1. The van der Waals surface area contributed by atoms with Gasteiger partial charge in [0.15, 0.2) is 0 Å². The first-order chi connectivity index (χ1) is 12.2. The minimum Gasteiger partial charge on any atom is -0.494 e. The Morgan fingerprint density at radius 1 is 1.28 bits per heavy atom. The van der Waals surface area contributed by atoms with E-state index in [4.69, 9.17) is 4.74 Å². The summed E-state index contributed by atoms with van der Waals surface area (Å²) in [4.78, 5) is 11.4. The number of nitro benzene ring substituents is 1. The first kappa shape index (κ1) is 16.2. The van der Waals surface area contributed by atoms with Gasteiger partial charge in [-0.25, -0.2) is 0 Å². The second-order valence-corrected chi connectivity index (χ2v) is 7.16. The number of allylic oxidation sites excluding steroid dienone is 4. The van der Waals surface area contributed by atoms with Crippen molar-refractivity contribution >= 4 is 11.4 Å². The van der Waals surface area contributed by atoms with Crippen LogP contribution in [-0.4, -0.2) is 17.6 Å². The molecule has 4 atom stereocenters. The monoisotopic (exact) mass is 340 g/mol. The summed E-state index contributed by atoms with van der Waals surface area (Å²) < 4.78 is 5.59. The molecule has 1 aromatic rings. The Balaban J connectivity index is 1.78. The Kier molecular flexibility index (Phi) is 4.24. The van der Waals surface area contributed by atoms with Crippen molar-refractivity contribution in [3.05, 3.63) is 52.1 Å². The highest BCUT2D eigenvalue weighted by atomic mass is 16.6. The van der Waals surface area contributed by atoms with E-state index in [2.05, 4.69) is 29.6 Å². The molecule has 1 aliphatic heterocycles. The molecule has 1 heterocycles. The minimum atomic E-state index is -0.287. The van der Waals surface area contributed by atoms with E-state index < -0.39 is 0 Å². The highest BCUT2D eigenvalue weighted by Gasteiger charge is 2.43. The third-order valence-corrected chi connectivity index (χ3v) is 5.79. The van der Waals surface area contributed by atoms with Crippen LogP contribution in [0.2, 0.25) is 0 Å². The molecule has 0 radical (unpaired) electrons. The molecule has 0 amide bonds. The van der Waals surface area contributed by atoms with Gasteiger partial charge in [0, 0.05) is 12.0 Å². The molecule has 3 aliphatic rings. The zero-order valence-electron chi connectivity index (χ0n) is 14.5. The summed E-state index contributed by atoms with van der Waals surface area (Å²) in [6, 6.07) is 3.84. The van der Waals surface area contributed by atoms with Crippen molar-refractivity contribution < 1.29 is 9.66 Å². The highest BCUT2D eigenvalue weighted by Crippen LogP contribution is 2.51. The van der Waals surface area contributed by atoms with Gasteiger partial charge >= 0.3 is 0 Å². The van der Waals surface area contributed by atoms with Gasteiger partial charge in [-0.15, -0.1) is 0 Å². The summed E-state index contributed by atoms with van der Waals surface area (Å²) in [6.07, 6.45) is 13.3. The Bertz CT molecular complexity index is 741. The number of hydrogen-bond donors (Lipinski definition) is 1. The van der Waals surface area contributed by atoms with E-state index in [1.165, 1.54) is 0 Å². The van der Waals surface area contributed by atoms with Crippen LogP contribution >= 0.6 is 0 Å². The van der Waals surface area contributed by atoms with Crippen LogP contribution in [0.4, 0.5) is 11.4 Å². The number of fused-ring (bicyclic) bond motifs is 3. The zero-order valence-corrected chi connectivity index (χ0v) is 14.5. The number of nitrogens with zero attached hydrogens (tertiary/aromatic N) is 1. The van der Waals surface area contributed by atoms with Gasteiger partial charge in [0.25, 0.3) is 5.69 Å². The molecular formula is C20H24N2O3. The lowest BCUT2D eigenvalue weighted by atomic mass is 9.72. The molecule has 0 bridgehead atoms. The maximum atomic E-state index is 11.7. The maximum Gasteiger partial charge on any atom is 0.296 e. The molecule has 0 aromatic heterocycles. The standard InChI is InChI=1S/C20H24N2O3/c1-2-25-14-11-17-15-9-6-10-16(15)19(13-7-4-3-5-8-13)21-20(17)18(12-14)22(23)24/h3-4,6,9,11-13,15-16,19,21H,2,5,7-8,10H2,1H3/t13-,15-,16+,19+/m0/s1. The zero-order chi connectivity index (χ0) is 17.4. The Morgan fingerprint density at radius 3 is 2.88 bits per heavy atom. The molecule has 5 heteroatoms. The first-order valence-electron chi connectivity index (χ1n) is 9.22. The topological polar surface area (TPSA) is 64.4 Å². The smallest absolute Gasteiger partial charge is 0.296 e. The van der Waals surface area contributed by atoms with E-state index in [-0.39, 0.29) is 22.6 Å². The van der Waals surface area contributed by atoms with Crippen molar-refractivity contribution in [3.63, 3.8) is 0 Å². The van der Waals surface area contributed by atoms with Crippen molar-refractivity contribution in [2.24, 2.45) is 11.8 Å². The van der Waals surface area contributed by atoms with Crippen molar-refractivity contribution in [1.29, 1.82) is 0 Å². The number of ether oxygens (including phenoxy) is 1. The number of nitro groups is 1. The normalized spacial score (nSPS) is 29.6. The summed E-state index contributed by atoms with van der Waals surface area (Å²) >= 11 is 0. The molecular weight excluding hydrogens is 316 g/mol. The molecule has 1 aromatic carbocycles. The minimum absolute atomic E-state index is 0.135. The summed E-state index contributed by atoms with van der Waals surface area (Å²) in [5, 5.41) is 15.3. The van der Waals surface area contributed by atoms with E-state index in [1.54, 1.807) is 6.07 Å². The average molecular weight is 340 g/mol. The summed E-state index contributed by atoms with van der Waals surface area (Å²) in [5.41, 5.74) is 1.84. The lowest BCUT2D eigenvalue weighted by Gasteiger charge is -2.41. The molecule has 0 unspecified atom stereocenters. The third-order valence-electron chi connectivity index (χ3n) is 5.79. The summed E-state index contributed by atoms with van der Waals surface area (Å²) in [5.74, 6) is 1.84. The van der Waals surface area contributed by atoms with E-state index in [9.17, 15) is 10.1 Å². The lowest BCUT2D eigenvalue weighted by Crippen LogP contribution is -2.42. The van der Waals surface area contributed by atoms with Crippen LogP contribution in [0.3, 0.4) is 0 Å². The van der Waals surface area contributed by atoms with Gasteiger partial charge in [0.1, 0.15) is 11.4 Å². The Morgan fingerprint density at radius 2 is 2.16 bits per heavy atom. The van der Waals surface area contributed by atoms with E-state index in [0.717, 1.165) is 31.2 Å². The molecule has 0 spiro atoms. The molecule has 1 N–H and O–H groups in total. The predicted octanol–water partition coefficient (Wildman–Crippen LogP) is 4.80. The van der Waals surface area contributed by atoms with Gasteiger partial charge in [-0.3, -0.25) is 10.1 Å². The fourth-order valence-corrected chi connectivity index (χ4v) is 4.70. The number of rotatable bonds is 4. The van der Waals surface area contributed by atoms with Crippen LogP contribution in [-0.2, 0) is 0 Å². The van der Waals surface area contributed by atoms with Gasteiger partial charge in [-0.1, -0.05) is 24.3 Å². The van der Waals surface area contributed by atoms with Crippen molar-refractivity contribution in [2.45, 2.75) is 44.6 Å². The largest absolute Gasteiger partial charge is 0.494 e. The lowest BCUT2D eigenvalue weighted by molar-refractivity contribution is -0.384. The Hall–Kier alpha value is -2.30. The molecule has 4 rings (SSSR count). The molecule has 132 valence electrons. The quantitative estimate of drug-likeness (QED) is 0.485. The molecule has 25 heavy (non-hydrogen) atoms. The summed E-state index contributed by atoms with van der Waals surface area (Å²) in [7, 11) is 0. The van der Waals surface area contributed by atoms with Crippen LogP contribution in [0.1, 0.15) is 44.1 Å². The molecule has 5 nitrogen and oxygen atoms in total. The molecule has 0 fully saturated rings. The fourth-order valence-electron chi connectivity index (χ4n) is 4.70. The van der Waals surface area contributed by atoms with Crippen LogP contribution in [0.15, 0.2) is 36.4 Å². The molecule has 0 saturated carbocycles. The fraction of sp³-hybridized carbons (Fsp3) is 0.500. The summed E-state index contributed by atoms with van der Waals surface area (Å²) in [6.45, 7) is 2.40. The van der Waals surface area contributed by atoms with Gasteiger partial charge in [-0.2, -0.15) is 0 Å². The first-order valence-corrected chi connectivity index (χ1v) is 9.22. The SMILES string of the molecule is CCOc1cc2c(c([N+](=O)[O-])c1)N[C@H]([C@H]1CC=CCC1)[C@@H]1CC=C[C@H]21. The number of nitrogens with one attached hydrogen (secondary N) is 1. The second-order valence-electron chi connectivity index (χ2n) is 7.16. The van der Waals surface area contributed by atoms with Gasteiger partial charge < -0.3 is 10.1 Å². The number of hydrogen-bond acceptors (Lipinski definition) is 4. The van der Waals surface area contributed by atoms with Gasteiger partial charge in [0.05, 0.1) is 17.6 Å². The Labute approximate surface area is 147 Å². The third kappa shape index (κ3) is 2.81.